The molecule has 0 radical (unpaired) electrons. The monoisotopic (exact) mass is 339 g/mol. The Balaban J connectivity index is 0.00000192. The second kappa shape index (κ2) is 7.77. The first-order valence-corrected chi connectivity index (χ1v) is 7.58. The number of carbonyl (C=O) groups is 2. The Bertz CT molecular complexity index is 588. The summed E-state index contributed by atoms with van der Waals surface area (Å²) in [6.07, 6.45) is 0. The molecule has 0 bridgehead atoms. The Morgan fingerprint density at radius 2 is 1.91 bits per heavy atom. The van der Waals surface area contributed by atoms with Crippen LogP contribution in [0.2, 0.25) is 0 Å². The number of nitrogens with one attached hydrogen (secondary N) is 1. The molecule has 3 rings (SSSR count). The molecule has 2 aliphatic heterocycles. The van der Waals surface area contributed by atoms with E-state index in [0.29, 0.717) is 31.9 Å². The van der Waals surface area contributed by atoms with Gasteiger partial charge in [0.25, 0.3) is 5.91 Å². The number of ether oxygens (including phenoxy) is 1. The van der Waals surface area contributed by atoms with Crippen molar-refractivity contribution in [1.29, 1.82) is 0 Å². The summed E-state index contributed by atoms with van der Waals surface area (Å²) in [6, 6.07) is 5.61. The van der Waals surface area contributed by atoms with E-state index in [-0.39, 0.29) is 30.8 Å². The molecule has 1 fully saturated rings. The van der Waals surface area contributed by atoms with Crippen molar-refractivity contribution in [2.45, 2.75) is 13.2 Å². The van der Waals surface area contributed by atoms with Crippen molar-refractivity contribution >= 4 is 24.2 Å². The van der Waals surface area contributed by atoms with E-state index in [9.17, 15) is 9.59 Å². The van der Waals surface area contributed by atoms with Crippen LogP contribution in [0.4, 0.5) is 0 Å². The molecule has 0 unspecified atom stereocenters. The number of piperazine rings is 1. The van der Waals surface area contributed by atoms with Crippen LogP contribution in [0, 0.1) is 0 Å². The first-order chi connectivity index (χ1) is 10.6. The van der Waals surface area contributed by atoms with Gasteiger partial charge in [0, 0.05) is 38.8 Å². The van der Waals surface area contributed by atoms with E-state index in [4.69, 9.17) is 4.74 Å². The van der Waals surface area contributed by atoms with Gasteiger partial charge in [-0.25, -0.2) is 0 Å². The molecule has 0 spiro atoms. The molecule has 7 heteroatoms. The van der Waals surface area contributed by atoms with Crippen LogP contribution in [0.3, 0.4) is 0 Å². The summed E-state index contributed by atoms with van der Waals surface area (Å²) in [7, 11) is 1.67. The maximum atomic E-state index is 12.5. The zero-order chi connectivity index (χ0) is 15.5. The SMILES string of the molecule is CN(CC(=O)N1CCNCC1)C(=O)c1ccc2c(c1)COC2.Cl. The summed E-state index contributed by atoms with van der Waals surface area (Å²) in [5, 5.41) is 3.21. The Labute approximate surface area is 142 Å². The highest BCUT2D eigenvalue weighted by molar-refractivity contribution is 5.96. The van der Waals surface area contributed by atoms with Crippen LogP contribution in [-0.4, -0.2) is 61.4 Å². The van der Waals surface area contributed by atoms with Gasteiger partial charge in [-0.2, -0.15) is 0 Å². The van der Waals surface area contributed by atoms with E-state index in [1.54, 1.807) is 11.9 Å². The number of rotatable bonds is 3. The lowest BCUT2D eigenvalue weighted by Crippen LogP contribution is -2.49. The normalized spacial score (nSPS) is 16.5. The fourth-order valence-electron chi connectivity index (χ4n) is 2.81. The van der Waals surface area contributed by atoms with Gasteiger partial charge < -0.3 is 19.9 Å². The molecule has 0 saturated carbocycles. The number of hydrogen-bond donors (Lipinski definition) is 1. The van der Waals surface area contributed by atoms with Crippen LogP contribution in [-0.2, 0) is 22.7 Å². The average molecular weight is 340 g/mol. The van der Waals surface area contributed by atoms with Crippen molar-refractivity contribution in [3.8, 4) is 0 Å². The fourth-order valence-corrected chi connectivity index (χ4v) is 2.81. The van der Waals surface area contributed by atoms with Gasteiger partial charge in [0.05, 0.1) is 19.8 Å². The van der Waals surface area contributed by atoms with Crippen molar-refractivity contribution in [3.63, 3.8) is 0 Å². The third-order valence-electron chi connectivity index (χ3n) is 4.16. The fraction of sp³-hybridized carbons (Fsp3) is 0.500. The van der Waals surface area contributed by atoms with E-state index >= 15 is 0 Å². The zero-order valence-electron chi connectivity index (χ0n) is 13.2. The molecule has 2 aliphatic rings. The minimum Gasteiger partial charge on any atom is -0.372 e. The van der Waals surface area contributed by atoms with Crippen molar-refractivity contribution in [2.24, 2.45) is 0 Å². The van der Waals surface area contributed by atoms with Crippen LogP contribution in [0.15, 0.2) is 18.2 Å². The Kier molecular flexibility index (Phi) is 5.98. The Hall–Kier alpha value is -1.63. The van der Waals surface area contributed by atoms with Gasteiger partial charge in [-0.1, -0.05) is 6.07 Å². The first kappa shape index (κ1) is 17.7. The van der Waals surface area contributed by atoms with Crippen LogP contribution in [0.1, 0.15) is 21.5 Å². The molecule has 126 valence electrons. The van der Waals surface area contributed by atoms with E-state index in [1.807, 2.05) is 18.2 Å². The molecule has 1 aromatic carbocycles. The number of fused-ring (bicyclic) bond motifs is 1. The van der Waals surface area contributed by atoms with Crippen LogP contribution in [0.5, 0.6) is 0 Å². The molecular weight excluding hydrogens is 318 g/mol. The van der Waals surface area contributed by atoms with Crippen LogP contribution < -0.4 is 5.32 Å². The maximum Gasteiger partial charge on any atom is 0.254 e. The van der Waals surface area contributed by atoms with Crippen molar-refractivity contribution < 1.29 is 14.3 Å². The highest BCUT2D eigenvalue weighted by Gasteiger charge is 2.22. The third-order valence-corrected chi connectivity index (χ3v) is 4.16. The predicted molar refractivity (Wildman–Crippen MR) is 88.6 cm³/mol. The maximum absolute atomic E-state index is 12.5. The standard InChI is InChI=1S/C16H21N3O3.ClH/c1-18(9-15(20)19-6-4-17-5-7-19)16(21)12-2-3-13-10-22-11-14(13)8-12;/h2-3,8,17H,4-7,9-11H2,1H3;1H. The van der Waals surface area contributed by atoms with Crippen molar-refractivity contribution in [2.75, 3.05) is 39.8 Å². The summed E-state index contributed by atoms with van der Waals surface area (Å²) in [6.45, 7) is 4.32. The number of amides is 2. The smallest absolute Gasteiger partial charge is 0.254 e. The third kappa shape index (κ3) is 4.02. The number of likely N-dealkylation sites (N-methyl/N-ethyl adjacent to an activating group) is 1. The molecule has 23 heavy (non-hydrogen) atoms. The van der Waals surface area contributed by atoms with E-state index < -0.39 is 0 Å². The van der Waals surface area contributed by atoms with Gasteiger partial charge in [0.15, 0.2) is 0 Å². The van der Waals surface area contributed by atoms with E-state index in [0.717, 1.165) is 24.2 Å². The van der Waals surface area contributed by atoms with Gasteiger partial charge >= 0.3 is 0 Å². The van der Waals surface area contributed by atoms with Gasteiger partial charge in [0.2, 0.25) is 5.91 Å². The number of carbonyl (C=O) groups excluding carboxylic acids is 2. The van der Waals surface area contributed by atoms with Crippen LogP contribution in [0.25, 0.3) is 0 Å². The lowest BCUT2D eigenvalue weighted by atomic mass is 10.1. The Morgan fingerprint density at radius 3 is 2.65 bits per heavy atom. The predicted octanol–water partition coefficient (Wildman–Crippen LogP) is 0.642. The highest BCUT2D eigenvalue weighted by atomic mass is 35.5. The summed E-state index contributed by atoms with van der Waals surface area (Å²) in [4.78, 5) is 28.0. The summed E-state index contributed by atoms with van der Waals surface area (Å²) >= 11 is 0. The number of hydrogen-bond acceptors (Lipinski definition) is 4. The molecule has 1 saturated heterocycles. The van der Waals surface area contributed by atoms with E-state index in [2.05, 4.69) is 5.32 Å². The molecule has 1 N–H and O–H groups in total. The molecule has 6 nitrogen and oxygen atoms in total. The van der Waals surface area contributed by atoms with Crippen LogP contribution >= 0.6 is 12.4 Å². The van der Waals surface area contributed by atoms with Gasteiger partial charge in [-0.05, 0) is 23.3 Å². The van der Waals surface area contributed by atoms with Gasteiger partial charge in [-0.3, -0.25) is 9.59 Å². The molecule has 0 aromatic heterocycles. The number of halogens is 1. The minimum atomic E-state index is -0.127. The topological polar surface area (TPSA) is 61.9 Å². The summed E-state index contributed by atoms with van der Waals surface area (Å²) < 4.78 is 5.36. The average Bonchev–Trinajstić information content (AvgIpc) is 3.02. The molecule has 0 atom stereocenters. The number of benzene rings is 1. The van der Waals surface area contributed by atoms with Gasteiger partial charge in [-0.15, -0.1) is 12.4 Å². The lowest BCUT2D eigenvalue weighted by molar-refractivity contribution is -0.132. The van der Waals surface area contributed by atoms with Crippen molar-refractivity contribution in [1.82, 2.24) is 15.1 Å². The quantitative estimate of drug-likeness (QED) is 0.878. The molecule has 2 amide bonds. The largest absolute Gasteiger partial charge is 0.372 e. The highest BCUT2D eigenvalue weighted by Crippen LogP contribution is 2.21. The molecule has 1 aromatic rings. The zero-order valence-corrected chi connectivity index (χ0v) is 14.0. The number of nitrogens with zero attached hydrogens (tertiary/aromatic N) is 2. The first-order valence-electron chi connectivity index (χ1n) is 7.58. The van der Waals surface area contributed by atoms with Gasteiger partial charge in [0.1, 0.15) is 0 Å². The summed E-state index contributed by atoms with van der Waals surface area (Å²) in [5.74, 6) is -0.125. The van der Waals surface area contributed by atoms with Crippen molar-refractivity contribution in [3.05, 3.63) is 34.9 Å². The minimum absolute atomic E-state index is 0. The molecular formula is C16H22ClN3O3. The second-order valence-electron chi connectivity index (χ2n) is 5.77. The lowest BCUT2D eigenvalue weighted by Gasteiger charge is -2.29. The molecule has 2 heterocycles. The second-order valence-corrected chi connectivity index (χ2v) is 5.77. The van der Waals surface area contributed by atoms with E-state index in [1.165, 1.54) is 4.90 Å². The Morgan fingerprint density at radius 1 is 1.22 bits per heavy atom. The summed E-state index contributed by atoms with van der Waals surface area (Å²) in [5.41, 5.74) is 2.81. The molecule has 0 aliphatic carbocycles.